The zero-order valence-electron chi connectivity index (χ0n) is 17.6. The van der Waals surface area contributed by atoms with Crippen molar-refractivity contribution in [2.75, 3.05) is 31.6 Å². The third kappa shape index (κ3) is 7.04. The second-order valence-corrected chi connectivity index (χ2v) is 9.15. The molecule has 1 saturated heterocycles. The summed E-state index contributed by atoms with van der Waals surface area (Å²) in [6.45, 7) is 6.58. The predicted octanol–water partition coefficient (Wildman–Crippen LogP) is 3.22. The maximum absolute atomic E-state index is 12.7. The molecule has 0 radical (unpaired) electrons. The third-order valence-corrected chi connectivity index (χ3v) is 6.50. The number of nitrogens with zero attached hydrogens (tertiary/aromatic N) is 3. The quantitative estimate of drug-likeness (QED) is 0.343. The number of amides is 1. The van der Waals surface area contributed by atoms with Crippen LogP contribution in [-0.4, -0.2) is 59.6 Å². The Morgan fingerprint density at radius 1 is 1.31 bits per heavy atom. The average Bonchev–Trinajstić information content (AvgIpc) is 3.21. The topological polar surface area (TPSA) is 82.8 Å². The van der Waals surface area contributed by atoms with Crippen LogP contribution < -0.4 is 10.6 Å². The monoisotopic (exact) mass is 535 g/mol. The van der Waals surface area contributed by atoms with Gasteiger partial charge in [0.05, 0.1) is 12.2 Å². The van der Waals surface area contributed by atoms with E-state index in [4.69, 9.17) is 4.52 Å². The molecule has 1 aliphatic heterocycles. The summed E-state index contributed by atoms with van der Waals surface area (Å²) in [5, 5.41) is 10.9. The maximum Gasteiger partial charge on any atom is 0.225 e. The van der Waals surface area contributed by atoms with Gasteiger partial charge in [0.15, 0.2) is 11.7 Å². The summed E-state index contributed by atoms with van der Waals surface area (Å²) >= 11 is 1.94. The first kappa shape index (κ1) is 24.3. The molecule has 2 aliphatic rings. The number of guanidine groups is 1. The van der Waals surface area contributed by atoms with Gasteiger partial charge in [-0.25, -0.2) is 0 Å². The maximum atomic E-state index is 12.7. The molecular formula is C20H34IN5O2S. The normalized spacial score (nSPS) is 22.9. The van der Waals surface area contributed by atoms with Crippen LogP contribution in [0.1, 0.15) is 56.9 Å². The highest BCUT2D eigenvalue weighted by molar-refractivity contribution is 14.0. The number of aromatic nitrogens is 1. The summed E-state index contributed by atoms with van der Waals surface area (Å²) in [5.41, 5.74) is 0.968. The molecule has 2 heterocycles. The van der Waals surface area contributed by atoms with Gasteiger partial charge < -0.3 is 20.1 Å². The minimum absolute atomic E-state index is 0. The van der Waals surface area contributed by atoms with Gasteiger partial charge in [-0.15, -0.1) is 24.0 Å². The smallest absolute Gasteiger partial charge is 0.225 e. The number of rotatable bonds is 5. The molecule has 3 rings (SSSR count). The van der Waals surface area contributed by atoms with Crippen LogP contribution in [0.2, 0.25) is 0 Å². The van der Waals surface area contributed by atoms with E-state index in [1.54, 1.807) is 7.05 Å². The lowest BCUT2D eigenvalue weighted by Gasteiger charge is -2.34. The van der Waals surface area contributed by atoms with Crippen molar-refractivity contribution < 1.29 is 9.32 Å². The molecular weight excluding hydrogens is 501 g/mol. The molecule has 1 saturated carbocycles. The Morgan fingerprint density at radius 2 is 2.00 bits per heavy atom. The van der Waals surface area contributed by atoms with Crippen LogP contribution in [0.4, 0.5) is 0 Å². The van der Waals surface area contributed by atoms with Gasteiger partial charge in [-0.2, -0.15) is 11.8 Å². The number of aliphatic imine (C=N–C) groups is 1. The molecule has 1 amide bonds. The fraction of sp³-hybridized carbons (Fsp3) is 0.750. The van der Waals surface area contributed by atoms with E-state index in [1.807, 2.05) is 17.8 Å². The molecule has 0 atom stereocenters. The van der Waals surface area contributed by atoms with E-state index in [9.17, 15) is 4.79 Å². The summed E-state index contributed by atoms with van der Waals surface area (Å²) < 4.78 is 5.37. The fourth-order valence-electron chi connectivity index (χ4n) is 3.77. The van der Waals surface area contributed by atoms with Crippen molar-refractivity contribution in [1.82, 2.24) is 20.7 Å². The van der Waals surface area contributed by atoms with Gasteiger partial charge in [0.1, 0.15) is 0 Å². The van der Waals surface area contributed by atoms with Gasteiger partial charge in [-0.3, -0.25) is 9.79 Å². The lowest BCUT2D eigenvalue weighted by atomic mass is 9.85. The molecule has 9 heteroatoms. The molecule has 0 bridgehead atoms. The van der Waals surface area contributed by atoms with E-state index in [2.05, 4.69) is 39.5 Å². The lowest BCUT2D eigenvalue weighted by Crippen LogP contribution is -2.47. The fourth-order valence-corrected chi connectivity index (χ4v) is 4.67. The summed E-state index contributed by atoms with van der Waals surface area (Å²) in [4.78, 5) is 19.1. The van der Waals surface area contributed by atoms with Crippen LogP contribution in [0.25, 0.3) is 0 Å². The Hall–Kier alpha value is -0.970. The van der Waals surface area contributed by atoms with E-state index in [1.165, 1.54) is 0 Å². The first-order valence-corrected chi connectivity index (χ1v) is 11.5. The zero-order chi connectivity index (χ0) is 19.9. The van der Waals surface area contributed by atoms with Crippen LogP contribution in [-0.2, 0) is 11.3 Å². The van der Waals surface area contributed by atoms with Crippen molar-refractivity contribution in [3.63, 3.8) is 0 Å². The Bertz CT molecular complexity index is 668. The number of hydrogen-bond acceptors (Lipinski definition) is 5. The molecule has 2 fully saturated rings. The molecule has 0 spiro atoms. The molecule has 164 valence electrons. The van der Waals surface area contributed by atoms with Crippen molar-refractivity contribution in [2.24, 2.45) is 10.9 Å². The SMILES string of the molecule is CN=C(NCc1cc(C(C)C)no1)NC1CCC(C(=O)N2CCSCC2)CC1.I. The zero-order valence-corrected chi connectivity index (χ0v) is 20.8. The largest absolute Gasteiger partial charge is 0.359 e. The van der Waals surface area contributed by atoms with Gasteiger partial charge >= 0.3 is 0 Å². The van der Waals surface area contributed by atoms with Crippen LogP contribution in [0.3, 0.4) is 0 Å². The molecule has 1 aliphatic carbocycles. The van der Waals surface area contributed by atoms with E-state index in [-0.39, 0.29) is 29.9 Å². The number of nitrogens with one attached hydrogen (secondary N) is 2. The number of hydrogen-bond donors (Lipinski definition) is 2. The van der Waals surface area contributed by atoms with Gasteiger partial charge in [0.2, 0.25) is 5.91 Å². The van der Waals surface area contributed by atoms with E-state index in [0.717, 1.165) is 67.7 Å². The van der Waals surface area contributed by atoms with Crippen molar-refractivity contribution in [3.05, 3.63) is 17.5 Å². The van der Waals surface area contributed by atoms with Gasteiger partial charge in [0, 0.05) is 49.7 Å². The van der Waals surface area contributed by atoms with Gasteiger partial charge in [0.25, 0.3) is 0 Å². The van der Waals surface area contributed by atoms with E-state index >= 15 is 0 Å². The second kappa shape index (κ2) is 12.0. The first-order chi connectivity index (χ1) is 13.6. The summed E-state index contributed by atoms with van der Waals surface area (Å²) in [6, 6.07) is 2.34. The number of carbonyl (C=O) groups is 1. The van der Waals surface area contributed by atoms with Crippen molar-refractivity contribution in [2.45, 2.75) is 58.0 Å². The van der Waals surface area contributed by atoms with Crippen molar-refractivity contribution in [3.8, 4) is 0 Å². The van der Waals surface area contributed by atoms with Gasteiger partial charge in [-0.1, -0.05) is 19.0 Å². The number of thioether (sulfide) groups is 1. The van der Waals surface area contributed by atoms with Crippen LogP contribution >= 0.6 is 35.7 Å². The highest BCUT2D eigenvalue weighted by Gasteiger charge is 2.30. The lowest BCUT2D eigenvalue weighted by molar-refractivity contribution is -0.136. The highest BCUT2D eigenvalue weighted by atomic mass is 127. The van der Waals surface area contributed by atoms with Gasteiger partial charge in [-0.05, 0) is 31.6 Å². The third-order valence-electron chi connectivity index (χ3n) is 5.56. The Labute approximate surface area is 195 Å². The molecule has 7 nitrogen and oxygen atoms in total. The summed E-state index contributed by atoms with van der Waals surface area (Å²) in [5.74, 6) is 4.65. The number of carbonyl (C=O) groups excluding carboxylic acids is 1. The first-order valence-electron chi connectivity index (χ1n) is 10.4. The second-order valence-electron chi connectivity index (χ2n) is 7.93. The number of halogens is 1. The predicted molar refractivity (Wildman–Crippen MR) is 129 cm³/mol. The Kier molecular flexibility index (Phi) is 10.1. The Balaban J connectivity index is 0.00000300. The summed E-state index contributed by atoms with van der Waals surface area (Å²) in [6.07, 6.45) is 3.91. The molecule has 1 aromatic rings. The minimum atomic E-state index is 0. The van der Waals surface area contributed by atoms with Crippen molar-refractivity contribution in [1.29, 1.82) is 0 Å². The van der Waals surface area contributed by atoms with Crippen LogP contribution in [0.5, 0.6) is 0 Å². The highest BCUT2D eigenvalue weighted by Crippen LogP contribution is 2.27. The minimum Gasteiger partial charge on any atom is -0.359 e. The van der Waals surface area contributed by atoms with Crippen LogP contribution in [0.15, 0.2) is 15.6 Å². The van der Waals surface area contributed by atoms with Crippen molar-refractivity contribution >= 4 is 47.6 Å². The molecule has 2 N–H and O–H groups in total. The van der Waals surface area contributed by atoms with E-state index < -0.39 is 0 Å². The Morgan fingerprint density at radius 3 is 2.59 bits per heavy atom. The molecule has 0 aromatic carbocycles. The average molecular weight is 535 g/mol. The van der Waals surface area contributed by atoms with Crippen LogP contribution in [0, 0.1) is 5.92 Å². The molecule has 0 unspecified atom stereocenters. The standard InChI is InChI=1S/C20H33N5O2S.HI/c1-14(2)18-12-17(27-24-18)13-22-20(21-3)23-16-6-4-15(5-7-16)19(26)25-8-10-28-11-9-25;/h12,14-16H,4-11,13H2,1-3H3,(H2,21,22,23);1H. The molecule has 29 heavy (non-hydrogen) atoms. The van der Waals surface area contributed by atoms with E-state index in [0.29, 0.717) is 24.4 Å². The summed E-state index contributed by atoms with van der Waals surface area (Å²) in [7, 11) is 1.78. The molecule has 1 aromatic heterocycles.